The topological polar surface area (TPSA) is 89.6 Å². The zero-order valence-corrected chi connectivity index (χ0v) is 10.3. The Labute approximate surface area is 98.3 Å². The van der Waals surface area contributed by atoms with Crippen molar-refractivity contribution in [3.63, 3.8) is 0 Å². The molecule has 3 N–H and O–H groups in total. The Morgan fingerprint density at radius 1 is 1.60 bits per heavy atom. The van der Waals surface area contributed by atoms with Gasteiger partial charge in [0.1, 0.15) is 6.04 Å². The first-order chi connectivity index (χ1) is 6.95. The Morgan fingerprint density at radius 2 is 2.13 bits per heavy atom. The van der Waals surface area contributed by atoms with Crippen LogP contribution in [0, 0.1) is 0 Å². The largest absolute Gasteiger partial charge is 0.480 e. The monoisotopic (exact) mass is 257 g/mol. The van der Waals surface area contributed by atoms with E-state index in [2.05, 4.69) is 4.74 Å². The van der Waals surface area contributed by atoms with Gasteiger partial charge in [-0.25, -0.2) is 4.79 Å². The molecule has 7 heteroatoms. The van der Waals surface area contributed by atoms with E-state index in [1.807, 2.05) is 6.26 Å². The van der Waals surface area contributed by atoms with Gasteiger partial charge in [0, 0.05) is 11.6 Å². The van der Waals surface area contributed by atoms with Gasteiger partial charge in [-0.1, -0.05) is 0 Å². The number of thioether (sulfide) groups is 1. The SMILES string of the molecule is CCOC(=O)Cl.CSCCC(N)C(=O)O. The summed E-state index contributed by atoms with van der Waals surface area (Å²) < 4.78 is 4.17. The lowest BCUT2D eigenvalue weighted by Crippen LogP contribution is -2.30. The number of nitrogens with two attached hydrogens (primary N) is 1. The van der Waals surface area contributed by atoms with Gasteiger partial charge in [0.25, 0.3) is 0 Å². The highest BCUT2D eigenvalue weighted by Gasteiger charge is 2.08. The molecule has 5 nitrogen and oxygen atoms in total. The van der Waals surface area contributed by atoms with E-state index in [9.17, 15) is 9.59 Å². The maximum absolute atomic E-state index is 10.1. The lowest BCUT2D eigenvalue weighted by Gasteiger charge is -2.02. The van der Waals surface area contributed by atoms with E-state index in [-0.39, 0.29) is 0 Å². The number of halogens is 1. The maximum atomic E-state index is 10.1. The van der Waals surface area contributed by atoms with Crippen LogP contribution in [0.4, 0.5) is 4.79 Å². The summed E-state index contributed by atoms with van der Waals surface area (Å²) in [4.78, 5) is 19.7. The third-order valence-electron chi connectivity index (χ3n) is 1.21. The normalized spacial score (nSPS) is 10.9. The fourth-order valence-electron chi connectivity index (χ4n) is 0.482. The van der Waals surface area contributed by atoms with Crippen LogP contribution in [0.5, 0.6) is 0 Å². The molecule has 0 fully saturated rings. The van der Waals surface area contributed by atoms with Gasteiger partial charge >= 0.3 is 11.4 Å². The van der Waals surface area contributed by atoms with Gasteiger partial charge in [-0.3, -0.25) is 4.79 Å². The van der Waals surface area contributed by atoms with Crippen LogP contribution in [0.1, 0.15) is 13.3 Å². The number of carbonyl (C=O) groups excluding carboxylic acids is 1. The van der Waals surface area contributed by atoms with Crippen molar-refractivity contribution in [3.8, 4) is 0 Å². The molecule has 0 saturated carbocycles. The Morgan fingerprint density at radius 3 is 2.33 bits per heavy atom. The predicted molar refractivity (Wildman–Crippen MR) is 61.5 cm³/mol. The molecule has 0 radical (unpaired) electrons. The minimum atomic E-state index is -0.913. The molecule has 0 spiro atoms. The van der Waals surface area contributed by atoms with Gasteiger partial charge in [-0.05, 0) is 25.4 Å². The Bertz CT molecular complexity index is 191. The predicted octanol–water partition coefficient (Wildman–Crippen LogP) is 1.53. The van der Waals surface area contributed by atoms with Gasteiger partial charge in [-0.2, -0.15) is 11.8 Å². The summed E-state index contributed by atoms with van der Waals surface area (Å²) in [5.41, 5.74) is 4.45. The van der Waals surface area contributed by atoms with Gasteiger partial charge in [-0.15, -0.1) is 0 Å². The van der Waals surface area contributed by atoms with Crippen molar-refractivity contribution < 1.29 is 19.4 Å². The van der Waals surface area contributed by atoms with Crippen LogP contribution in [-0.2, 0) is 9.53 Å². The minimum absolute atomic E-state index is 0.350. The molecule has 15 heavy (non-hydrogen) atoms. The van der Waals surface area contributed by atoms with Crippen molar-refractivity contribution >= 4 is 34.8 Å². The van der Waals surface area contributed by atoms with Gasteiger partial charge in [0.05, 0.1) is 6.61 Å². The van der Waals surface area contributed by atoms with Crippen molar-refractivity contribution in [2.75, 3.05) is 18.6 Å². The smallest absolute Gasteiger partial charge is 0.403 e. The van der Waals surface area contributed by atoms with Crippen LogP contribution < -0.4 is 5.73 Å². The molecule has 0 aromatic rings. The third-order valence-corrected chi connectivity index (χ3v) is 1.96. The first kappa shape index (κ1) is 17.0. The van der Waals surface area contributed by atoms with Crippen LogP contribution in [0.3, 0.4) is 0 Å². The van der Waals surface area contributed by atoms with E-state index >= 15 is 0 Å². The van der Waals surface area contributed by atoms with Gasteiger partial charge in [0.15, 0.2) is 0 Å². The first-order valence-electron chi connectivity index (χ1n) is 4.25. The molecule has 0 saturated heterocycles. The molecule has 0 bridgehead atoms. The van der Waals surface area contributed by atoms with Crippen molar-refractivity contribution in [1.29, 1.82) is 0 Å². The summed E-state index contributed by atoms with van der Waals surface area (Å²) in [5.74, 6) is -0.1000. The summed E-state index contributed by atoms with van der Waals surface area (Å²) in [6.07, 6.45) is 2.48. The highest BCUT2D eigenvalue weighted by atomic mass is 35.5. The van der Waals surface area contributed by atoms with E-state index in [4.69, 9.17) is 22.4 Å². The fourth-order valence-corrected chi connectivity index (χ4v) is 1.08. The second-order valence-electron chi connectivity index (χ2n) is 2.40. The molecule has 0 aliphatic carbocycles. The Hall–Kier alpha value is -0.460. The molecule has 0 rings (SSSR count). The Kier molecular flexibility index (Phi) is 13.1. The number of carbonyl (C=O) groups is 2. The van der Waals surface area contributed by atoms with Crippen molar-refractivity contribution in [2.24, 2.45) is 5.73 Å². The molecule has 90 valence electrons. The van der Waals surface area contributed by atoms with E-state index < -0.39 is 17.4 Å². The van der Waals surface area contributed by atoms with Crippen LogP contribution in [0.25, 0.3) is 0 Å². The lowest BCUT2D eigenvalue weighted by atomic mass is 10.2. The molecule has 1 atom stereocenters. The highest BCUT2D eigenvalue weighted by Crippen LogP contribution is 1.97. The Balaban J connectivity index is 0. The second-order valence-corrected chi connectivity index (χ2v) is 3.69. The number of carboxylic acid groups (broad SMARTS) is 1. The van der Waals surface area contributed by atoms with E-state index in [1.54, 1.807) is 18.7 Å². The number of carboxylic acids is 1. The molecule has 0 amide bonds. The van der Waals surface area contributed by atoms with Crippen molar-refractivity contribution in [1.82, 2.24) is 0 Å². The number of rotatable bonds is 5. The van der Waals surface area contributed by atoms with Crippen LogP contribution >= 0.6 is 23.4 Å². The highest BCUT2D eigenvalue weighted by molar-refractivity contribution is 7.98. The van der Waals surface area contributed by atoms with Gasteiger partial charge < -0.3 is 15.6 Å². The number of aliphatic carboxylic acids is 1. The maximum Gasteiger partial charge on any atom is 0.403 e. The molecule has 1 unspecified atom stereocenters. The summed E-state index contributed by atoms with van der Waals surface area (Å²) in [7, 11) is 0. The summed E-state index contributed by atoms with van der Waals surface area (Å²) >= 11 is 6.32. The molecule has 0 aliphatic heterocycles. The zero-order chi connectivity index (χ0) is 12.3. The molecule has 0 heterocycles. The molecule has 0 aromatic heterocycles. The summed E-state index contributed by atoms with van der Waals surface area (Å²) in [5, 5.41) is 8.27. The van der Waals surface area contributed by atoms with Crippen LogP contribution in [0.15, 0.2) is 0 Å². The lowest BCUT2D eigenvalue weighted by molar-refractivity contribution is -0.138. The number of hydrogen-bond acceptors (Lipinski definition) is 5. The first-order valence-corrected chi connectivity index (χ1v) is 6.02. The molecule has 0 aromatic carbocycles. The molecular formula is C8H16ClNO4S. The third kappa shape index (κ3) is 16.2. The van der Waals surface area contributed by atoms with E-state index in [0.717, 1.165) is 5.75 Å². The average Bonchev–Trinajstić information content (AvgIpc) is 2.14. The van der Waals surface area contributed by atoms with E-state index in [1.165, 1.54) is 0 Å². The van der Waals surface area contributed by atoms with E-state index in [0.29, 0.717) is 13.0 Å². The summed E-state index contributed by atoms with van der Waals surface area (Å²) in [6.45, 7) is 2.04. The molecular weight excluding hydrogens is 242 g/mol. The van der Waals surface area contributed by atoms with Gasteiger partial charge in [0.2, 0.25) is 0 Å². The quantitative estimate of drug-likeness (QED) is 0.726. The average molecular weight is 258 g/mol. The zero-order valence-electron chi connectivity index (χ0n) is 8.73. The van der Waals surface area contributed by atoms with Crippen LogP contribution in [-0.4, -0.2) is 41.2 Å². The number of hydrogen-bond donors (Lipinski definition) is 2. The minimum Gasteiger partial charge on any atom is -0.480 e. The standard InChI is InChI=1S/C5H11NO2S.C3H5ClO2/c1-9-3-2-4(6)5(7)8;1-2-6-3(4)5/h4H,2-3,6H2,1H3,(H,7,8);2H2,1H3. The second kappa shape index (κ2) is 11.6. The van der Waals surface area contributed by atoms with Crippen LogP contribution in [0.2, 0.25) is 0 Å². The van der Waals surface area contributed by atoms with Crippen molar-refractivity contribution in [3.05, 3.63) is 0 Å². The van der Waals surface area contributed by atoms with Crippen molar-refractivity contribution in [2.45, 2.75) is 19.4 Å². The summed E-state index contributed by atoms with van der Waals surface area (Å²) in [6, 6.07) is -0.683. The molecule has 0 aliphatic rings. The number of ether oxygens (including phenoxy) is 1. The fraction of sp³-hybridized carbons (Fsp3) is 0.750.